The van der Waals surface area contributed by atoms with Crippen molar-refractivity contribution in [2.75, 3.05) is 28.6 Å². The molecule has 9 heteroatoms. The summed E-state index contributed by atoms with van der Waals surface area (Å²) in [5.41, 5.74) is 5.82. The summed E-state index contributed by atoms with van der Waals surface area (Å²) in [7, 11) is 0. The van der Waals surface area contributed by atoms with Gasteiger partial charge in [-0.25, -0.2) is 19.3 Å². The molecule has 1 amide bonds. The third-order valence-electron chi connectivity index (χ3n) is 5.91. The number of nitrogens with two attached hydrogens (primary N) is 1. The van der Waals surface area contributed by atoms with Gasteiger partial charge in [-0.15, -0.1) is 0 Å². The van der Waals surface area contributed by atoms with E-state index in [9.17, 15) is 9.90 Å². The predicted molar refractivity (Wildman–Crippen MR) is 112 cm³/mol. The molecule has 0 aliphatic carbocycles. The lowest BCUT2D eigenvalue weighted by atomic mass is 9.87. The van der Waals surface area contributed by atoms with Crippen molar-refractivity contribution in [3.8, 4) is 0 Å². The zero-order valence-electron chi connectivity index (χ0n) is 17.7. The number of aliphatic hydroxyl groups is 1. The van der Waals surface area contributed by atoms with E-state index in [2.05, 4.69) is 28.8 Å². The number of amides is 1. The third kappa shape index (κ3) is 3.17. The van der Waals surface area contributed by atoms with Gasteiger partial charge in [0.25, 0.3) is 0 Å². The summed E-state index contributed by atoms with van der Waals surface area (Å²) < 4.78 is 15.1. The van der Waals surface area contributed by atoms with Crippen LogP contribution in [0.2, 0.25) is 0 Å². The fourth-order valence-electron chi connectivity index (χ4n) is 4.68. The van der Waals surface area contributed by atoms with Gasteiger partial charge >= 0.3 is 0 Å². The number of hydrogen-bond acceptors (Lipinski definition) is 7. The topological polar surface area (TPSA) is 108 Å². The maximum atomic E-state index is 15.1. The van der Waals surface area contributed by atoms with Gasteiger partial charge in [-0.3, -0.25) is 9.69 Å². The van der Waals surface area contributed by atoms with Crippen LogP contribution in [-0.2, 0) is 16.8 Å². The van der Waals surface area contributed by atoms with Gasteiger partial charge in [-0.1, -0.05) is 13.8 Å². The molecule has 0 unspecified atom stereocenters. The standard InChI is InChI=1S/C21H27FN6O2/c1-11-5-12(2)9-27(8-11)18-14(22)6-13(7-24-18)28-19-16(21(3,4)20(28)30)17(23)25-15(10-29)26-19/h6-7,11-12,29H,5,8-10H2,1-4H3,(H2,23,25,26)/t11-,12+. The summed E-state index contributed by atoms with van der Waals surface area (Å²) in [6.07, 6.45) is 2.60. The number of aromatic nitrogens is 3. The number of fused-ring (bicyclic) bond motifs is 1. The number of rotatable bonds is 3. The lowest BCUT2D eigenvalue weighted by Gasteiger charge is -2.36. The molecule has 160 valence electrons. The number of pyridine rings is 1. The summed E-state index contributed by atoms with van der Waals surface area (Å²) in [4.78, 5) is 29.2. The molecule has 0 spiro atoms. The minimum Gasteiger partial charge on any atom is -0.388 e. The highest BCUT2D eigenvalue weighted by Crippen LogP contribution is 2.46. The Balaban J connectivity index is 1.76. The van der Waals surface area contributed by atoms with Gasteiger partial charge in [0.15, 0.2) is 17.5 Å². The molecule has 0 saturated carbocycles. The molecule has 2 aliphatic rings. The molecule has 2 aromatic heterocycles. The highest BCUT2D eigenvalue weighted by atomic mass is 19.1. The van der Waals surface area contributed by atoms with Gasteiger partial charge in [-0.2, -0.15) is 0 Å². The highest BCUT2D eigenvalue weighted by Gasteiger charge is 2.48. The van der Waals surface area contributed by atoms with Crippen LogP contribution in [0.4, 0.5) is 27.5 Å². The van der Waals surface area contributed by atoms with Crippen LogP contribution in [0.3, 0.4) is 0 Å². The number of aliphatic hydroxyl groups excluding tert-OH is 1. The van der Waals surface area contributed by atoms with Crippen molar-refractivity contribution < 1.29 is 14.3 Å². The molecule has 2 atom stereocenters. The Labute approximate surface area is 174 Å². The molecular formula is C21H27FN6O2. The van der Waals surface area contributed by atoms with Gasteiger partial charge in [0.05, 0.1) is 22.9 Å². The predicted octanol–water partition coefficient (Wildman–Crippen LogP) is 2.52. The third-order valence-corrected chi connectivity index (χ3v) is 5.91. The minimum absolute atomic E-state index is 0.100. The first-order valence-corrected chi connectivity index (χ1v) is 10.2. The Hall–Kier alpha value is -2.81. The fraction of sp³-hybridized carbons (Fsp3) is 0.524. The zero-order valence-corrected chi connectivity index (χ0v) is 17.7. The van der Waals surface area contributed by atoms with Gasteiger partial charge in [0.2, 0.25) is 5.91 Å². The minimum atomic E-state index is -0.986. The van der Waals surface area contributed by atoms with E-state index in [1.165, 1.54) is 17.2 Å². The normalized spacial score (nSPS) is 23.1. The van der Waals surface area contributed by atoms with Crippen molar-refractivity contribution in [1.82, 2.24) is 15.0 Å². The molecular weight excluding hydrogens is 387 g/mol. The van der Waals surface area contributed by atoms with Crippen molar-refractivity contribution in [2.24, 2.45) is 11.8 Å². The number of piperidine rings is 1. The van der Waals surface area contributed by atoms with E-state index in [0.29, 0.717) is 23.2 Å². The Kier molecular flexibility index (Phi) is 4.88. The Morgan fingerprint density at radius 1 is 1.23 bits per heavy atom. The molecule has 4 heterocycles. The van der Waals surface area contributed by atoms with Gasteiger partial charge in [0.1, 0.15) is 18.2 Å². The van der Waals surface area contributed by atoms with E-state index < -0.39 is 17.8 Å². The monoisotopic (exact) mass is 414 g/mol. The summed E-state index contributed by atoms with van der Waals surface area (Å²) in [5.74, 6) is 0.907. The number of anilines is 4. The molecule has 3 N–H and O–H groups in total. The lowest BCUT2D eigenvalue weighted by Crippen LogP contribution is -2.39. The van der Waals surface area contributed by atoms with Crippen molar-refractivity contribution >= 4 is 29.0 Å². The Morgan fingerprint density at radius 2 is 1.90 bits per heavy atom. The number of nitrogen functional groups attached to an aromatic ring is 1. The van der Waals surface area contributed by atoms with E-state index in [4.69, 9.17) is 5.73 Å². The maximum absolute atomic E-state index is 15.1. The highest BCUT2D eigenvalue weighted by molar-refractivity contribution is 6.12. The van der Waals surface area contributed by atoms with Gasteiger partial charge in [0, 0.05) is 19.2 Å². The lowest BCUT2D eigenvalue weighted by molar-refractivity contribution is -0.121. The number of hydrogen-bond donors (Lipinski definition) is 2. The summed E-state index contributed by atoms with van der Waals surface area (Å²) >= 11 is 0. The van der Waals surface area contributed by atoms with Crippen molar-refractivity contribution in [3.05, 3.63) is 29.5 Å². The molecule has 0 radical (unpaired) electrons. The van der Waals surface area contributed by atoms with Crippen LogP contribution in [0.5, 0.6) is 0 Å². The maximum Gasteiger partial charge on any atom is 0.243 e. The first kappa shape index (κ1) is 20.5. The number of halogens is 1. The summed E-state index contributed by atoms with van der Waals surface area (Å²) in [6.45, 7) is 8.82. The summed E-state index contributed by atoms with van der Waals surface area (Å²) in [6, 6.07) is 1.31. The average Bonchev–Trinajstić information content (AvgIpc) is 2.86. The molecule has 30 heavy (non-hydrogen) atoms. The number of carbonyl (C=O) groups excluding carboxylic acids is 1. The smallest absolute Gasteiger partial charge is 0.243 e. The molecule has 1 fully saturated rings. The quantitative estimate of drug-likeness (QED) is 0.794. The second kappa shape index (κ2) is 7.16. The van der Waals surface area contributed by atoms with Crippen LogP contribution in [0.1, 0.15) is 45.5 Å². The SMILES string of the molecule is C[C@@H]1C[C@H](C)CN(c2ncc(N3C(=O)C(C)(C)c4c(N)nc(CO)nc43)cc2F)C1. The summed E-state index contributed by atoms with van der Waals surface area (Å²) in [5, 5.41) is 9.45. The van der Waals surface area contributed by atoms with E-state index >= 15 is 4.39 Å². The van der Waals surface area contributed by atoms with E-state index in [0.717, 1.165) is 19.5 Å². The van der Waals surface area contributed by atoms with E-state index in [-0.39, 0.29) is 29.1 Å². The number of nitrogens with zero attached hydrogens (tertiary/aromatic N) is 5. The molecule has 8 nitrogen and oxygen atoms in total. The van der Waals surface area contributed by atoms with Gasteiger partial charge < -0.3 is 15.7 Å². The first-order valence-electron chi connectivity index (χ1n) is 10.2. The molecule has 1 saturated heterocycles. The van der Waals surface area contributed by atoms with Crippen LogP contribution in [0.25, 0.3) is 0 Å². The first-order chi connectivity index (χ1) is 14.1. The van der Waals surface area contributed by atoms with Crippen LogP contribution in [0.15, 0.2) is 12.3 Å². The Bertz CT molecular complexity index is 1000. The number of carbonyl (C=O) groups is 1. The molecule has 0 bridgehead atoms. The average molecular weight is 414 g/mol. The van der Waals surface area contributed by atoms with E-state index in [1.54, 1.807) is 13.8 Å². The van der Waals surface area contributed by atoms with Crippen LogP contribution in [-0.4, -0.2) is 39.1 Å². The van der Waals surface area contributed by atoms with Crippen LogP contribution >= 0.6 is 0 Å². The molecule has 0 aromatic carbocycles. The zero-order chi connectivity index (χ0) is 21.8. The fourth-order valence-corrected chi connectivity index (χ4v) is 4.68. The van der Waals surface area contributed by atoms with E-state index in [1.807, 2.05) is 4.90 Å². The Morgan fingerprint density at radius 3 is 2.50 bits per heavy atom. The van der Waals surface area contributed by atoms with Crippen molar-refractivity contribution in [3.63, 3.8) is 0 Å². The van der Waals surface area contributed by atoms with Crippen LogP contribution < -0.4 is 15.5 Å². The second-order valence-corrected chi connectivity index (χ2v) is 9.00. The molecule has 2 aromatic rings. The van der Waals surface area contributed by atoms with Crippen molar-refractivity contribution in [2.45, 2.75) is 46.1 Å². The van der Waals surface area contributed by atoms with Crippen molar-refractivity contribution in [1.29, 1.82) is 0 Å². The molecule has 4 rings (SSSR count). The van der Waals surface area contributed by atoms with Gasteiger partial charge in [-0.05, 0) is 32.1 Å². The largest absolute Gasteiger partial charge is 0.388 e. The second-order valence-electron chi connectivity index (χ2n) is 9.00. The van der Waals surface area contributed by atoms with Crippen LogP contribution in [0, 0.1) is 17.7 Å². The molecule has 2 aliphatic heterocycles.